The fourth-order valence-corrected chi connectivity index (χ4v) is 3.76. The minimum Gasteiger partial charge on any atom is -0.342 e. The number of anilines is 1. The second-order valence-corrected chi connectivity index (χ2v) is 8.78. The number of hydrogen-bond acceptors (Lipinski definition) is 2. The number of para-hydroxylation sites is 1. The highest BCUT2D eigenvalue weighted by atomic mass is 16.2. The van der Waals surface area contributed by atoms with Crippen molar-refractivity contribution in [3.8, 4) is 0 Å². The van der Waals surface area contributed by atoms with E-state index in [4.69, 9.17) is 0 Å². The zero-order valence-electron chi connectivity index (χ0n) is 19.8. The fraction of sp³-hybridized carbons (Fsp3) is 0.462. The fourth-order valence-electron chi connectivity index (χ4n) is 3.76. The predicted molar refractivity (Wildman–Crippen MR) is 127 cm³/mol. The van der Waals surface area contributed by atoms with Crippen LogP contribution < -0.4 is 16.0 Å². The maximum absolute atomic E-state index is 12.4. The molecular formula is C26H38N3O2+. The minimum atomic E-state index is -0.216. The summed E-state index contributed by atoms with van der Waals surface area (Å²) in [7, 11) is 0. The Balaban J connectivity index is 1.87. The zero-order chi connectivity index (χ0) is 23.0. The normalized spacial score (nSPS) is 13.0. The molecule has 0 saturated heterocycles. The topological polar surface area (TPSA) is 74.8 Å². The third-order valence-electron chi connectivity index (χ3n) is 5.97. The molecule has 2 aromatic rings. The third kappa shape index (κ3) is 7.21. The lowest BCUT2D eigenvalue weighted by Crippen LogP contribution is -2.88. The average Bonchev–Trinajstić information content (AvgIpc) is 2.74. The Morgan fingerprint density at radius 2 is 1.48 bits per heavy atom. The van der Waals surface area contributed by atoms with Gasteiger partial charge in [0, 0.05) is 17.2 Å². The number of benzene rings is 2. The molecule has 0 heterocycles. The first kappa shape index (κ1) is 24.6. The molecule has 5 nitrogen and oxygen atoms in total. The lowest BCUT2D eigenvalue weighted by Gasteiger charge is -2.20. The van der Waals surface area contributed by atoms with Crippen LogP contribution in [0, 0.1) is 19.8 Å². The van der Waals surface area contributed by atoms with Crippen LogP contribution in [0.15, 0.2) is 42.5 Å². The molecule has 5 heteroatoms. The van der Waals surface area contributed by atoms with Crippen molar-refractivity contribution in [3.63, 3.8) is 0 Å². The van der Waals surface area contributed by atoms with E-state index in [0.717, 1.165) is 23.2 Å². The van der Waals surface area contributed by atoms with Gasteiger partial charge in [-0.05, 0) is 42.9 Å². The van der Waals surface area contributed by atoms with Gasteiger partial charge in [0.05, 0.1) is 6.54 Å². The van der Waals surface area contributed by atoms with Gasteiger partial charge in [0.25, 0.3) is 5.91 Å². The molecule has 2 rings (SSSR count). The van der Waals surface area contributed by atoms with Crippen molar-refractivity contribution in [2.45, 2.75) is 59.9 Å². The van der Waals surface area contributed by atoms with Crippen LogP contribution in [-0.2, 0) is 9.59 Å². The Labute approximate surface area is 187 Å². The average molecular weight is 425 g/mol. The highest BCUT2D eigenvalue weighted by Crippen LogP contribution is 2.23. The standard InChI is InChI=1S/C26H37N3O2/c1-7-18(4)21-11-13-22(14-12-21)25(17(2)3)28-15-23(30)27-16-24(31)29-26-19(5)9-8-10-20(26)6/h8-14,17-18,25,28H,7,15-16H2,1-6H3,(H,27,30)(H,29,31)/p+1/t18-,25+/m0/s1. The molecule has 0 saturated carbocycles. The van der Waals surface area contributed by atoms with Gasteiger partial charge in [-0.1, -0.05) is 70.2 Å². The molecule has 0 aliphatic heterocycles. The molecule has 0 aromatic heterocycles. The summed E-state index contributed by atoms with van der Waals surface area (Å²) in [5.74, 6) is 0.579. The first-order valence-electron chi connectivity index (χ1n) is 11.3. The predicted octanol–water partition coefficient (Wildman–Crippen LogP) is 3.83. The molecule has 0 fully saturated rings. The van der Waals surface area contributed by atoms with Crippen molar-refractivity contribution in [3.05, 3.63) is 64.7 Å². The number of quaternary nitrogens is 1. The second kappa shape index (κ2) is 11.7. The number of hydrogen-bond donors (Lipinski definition) is 3. The summed E-state index contributed by atoms with van der Waals surface area (Å²) in [6.07, 6.45) is 1.12. The number of amides is 2. The van der Waals surface area contributed by atoms with E-state index in [2.05, 4.69) is 67.9 Å². The van der Waals surface area contributed by atoms with Crippen molar-refractivity contribution in [2.24, 2.45) is 5.92 Å². The largest absolute Gasteiger partial charge is 0.342 e. The van der Waals surface area contributed by atoms with Crippen LogP contribution in [0.2, 0.25) is 0 Å². The number of rotatable bonds is 10. The lowest BCUT2D eigenvalue weighted by molar-refractivity contribution is -0.692. The van der Waals surface area contributed by atoms with E-state index in [1.807, 2.05) is 32.0 Å². The van der Waals surface area contributed by atoms with E-state index in [1.165, 1.54) is 11.1 Å². The van der Waals surface area contributed by atoms with E-state index in [1.54, 1.807) is 0 Å². The van der Waals surface area contributed by atoms with Gasteiger partial charge in [0.1, 0.15) is 6.04 Å². The lowest BCUT2D eigenvalue weighted by atomic mass is 9.92. The first-order valence-corrected chi connectivity index (χ1v) is 11.3. The van der Waals surface area contributed by atoms with Gasteiger partial charge in [0.2, 0.25) is 5.91 Å². The molecule has 2 atom stereocenters. The van der Waals surface area contributed by atoms with E-state index < -0.39 is 0 Å². The van der Waals surface area contributed by atoms with Gasteiger partial charge < -0.3 is 16.0 Å². The van der Waals surface area contributed by atoms with Crippen LogP contribution >= 0.6 is 0 Å². The quantitative estimate of drug-likeness (QED) is 0.542. The number of nitrogens with one attached hydrogen (secondary N) is 2. The van der Waals surface area contributed by atoms with Crippen LogP contribution in [0.1, 0.15) is 68.3 Å². The molecule has 31 heavy (non-hydrogen) atoms. The van der Waals surface area contributed by atoms with Gasteiger partial charge in [-0.3, -0.25) is 9.59 Å². The summed E-state index contributed by atoms with van der Waals surface area (Å²) in [6, 6.07) is 14.8. The molecule has 0 spiro atoms. The monoisotopic (exact) mass is 424 g/mol. The molecule has 0 aliphatic rings. The van der Waals surface area contributed by atoms with Gasteiger partial charge in [-0.2, -0.15) is 0 Å². The Bertz CT molecular complexity index is 854. The van der Waals surface area contributed by atoms with Gasteiger partial charge in [0.15, 0.2) is 6.54 Å². The summed E-state index contributed by atoms with van der Waals surface area (Å²) in [6.45, 7) is 12.9. The Morgan fingerprint density at radius 1 is 0.903 bits per heavy atom. The summed E-state index contributed by atoms with van der Waals surface area (Å²) in [4.78, 5) is 24.6. The third-order valence-corrected chi connectivity index (χ3v) is 5.97. The molecule has 4 N–H and O–H groups in total. The van der Waals surface area contributed by atoms with Crippen molar-refractivity contribution >= 4 is 17.5 Å². The highest BCUT2D eigenvalue weighted by molar-refractivity contribution is 5.95. The smallest absolute Gasteiger partial charge is 0.275 e. The molecule has 0 aliphatic carbocycles. The summed E-state index contributed by atoms with van der Waals surface area (Å²) in [5, 5.41) is 7.69. The Kier molecular flexibility index (Phi) is 9.25. The number of nitrogens with two attached hydrogens (primary N) is 1. The van der Waals surface area contributed by atoms with Crippen molar-refractivity contribution in [1.82, 2.24) is 5.32 Å². The molecular weight excluding hydrogens is 386 g/mol. The SMILES string of the molecule is CC[C@H](C)c1ccc([C@H]([NH2+]CC(=O)NCC(=O)Nc2c(C)cccc2C)C(C)C)cc1. The van der Waals surface area contributed by atoms with Gasteiger partial charge >= 0.3 is 0 Å². The summed E-state index contributed by atoms with van der Waals surface area (Å²) < 4.78 is 0. The maximum atomic E-state index is 12.4. The van der Waals surface area contributed by atoms with E-state index in [0.29, 0.717) is 11.8 Å². The zero-order valence-corrected chi connectivity index (χ0v) is 19.8. The van der Waals surface area contributed by atoms with Crippen molar-refractivity contribution < 1.29 is 14.9 Å². The van der Waals surface area contributed by atoms with E-state index in [-0.39, 0.29) is 30.9 Å². The van der Waals surface area contributed by atoms with Crippen LogP contribution in [0.5, 0.6) is 0 Å². The summed E-state index contributed by atoms with van der Waals surface area (Å²) in [5.41, 5.74) is 5.40. The number of carbonyl (C=O) groups excluding carboxylic acids is 2. The number of aryl methyl sites for hydroxylation is 2. The first-order chi connectivity index (χ1) is 14.7. The molecule has 2 aromatic carbocycles. The van der Waals surface area contributed by atoms with Gasteiger partial charge in [-0.25, -0.2) is 0 Å². The molecule has 168 valence electrons. The van der Waals surface area contributed by atoms with Crippen molar-refractivity contribution in [2.75, 3.05) is 18.4 Å². The van der Waals surface area contributed by atoms with Gasteiger partial charge in [-0.15, -0.1) is 0 Å². The molecule has 0 bridgehead atoms. The highest BCUT2D eigenvalue weighted by Gasteiger charge is 2.21. The van der Waals surface area contributed by atoms with Crippen LogP contribution in [-0.4, -0.2) is 24.9 Å². The molecule has 2 amide bonds. The van der Waals surface area contributed by atoms with Crippen LogP contribution in [0.4, 0.5) is 5.69 Å². The van der Waals surface area contributed by atoms with Crippen molar-refractivity contribution in [1.29, 1.82) is 0 Å². The molecule has 0 radical (unpaired) electrons. The Morgan fingerprint density at radius 3 is 2.03 bits per heavy atom. The van der Waals surface area contributed by atoms with E-state index in [9.17, 15) is 9.59 Å². The second-order valence-electron chi connectivity index (χ2n) is 8.78. The Hall–Kier alpha value is -2.66. The summed E-state index contributed by atoms with van der Waals surface area (Å²) >= 11 is 0. The maximum Gasteiger partial charge on any atom is 0.275 e. The molecule has 0 unspecified atom stereocenters. The number of carbonyl (C=O) groups is 2. The van der Waals surface area contributed by atoms with E-state index >= 15 is 0 Å². The van der Waals surface area contributed by atoms with Crippen LogP contribution in [0.3, 0.4) is 0 Å². The van der Waals surface area contributed by atoms with Crippen LogP contribution in [0.25, 0.3) is 0 Å². The minimum absolute atomic E-state index is 0.0314.